The number of ether oxygens (including phenoxy) is 2. The lowest BCUT2D eigenvalue weighted by Crippen LogP contribution is -2.47. The molecule has 2 aliphatic heterocycles. The van der Waals surface area contributed by atoms with Crippen molar-refractivity contribution in [3.8, 4) is 11.5 Å². The first-order chi connectivity index (χ1) is 16.6. The minimum atomic E-state index is -1.40. The van der Waals surface area contributed by atoms with Gasteiger partial charge in [0.15, 0.2) is 17.0 Å². The topological polar surface area (TPSA) is 97.0 Å². The van der Waals surface area contributed by atoms with Crippen molar-refractivity contribution in [1.29, 1.82) is 0 Å². The SMILES string of the molecule is O=C(CN1C(=O)NC(c2ccccc2)(c2ccccc2)C1=O)NC[C@@H]1COc2ccccc2O1. The van der Waals surface area contributed by atoms with Crippen LogP contribution in [-0.2, 0) is 15.1 Å². The molecule has 1 atom stereocenters. The lowest BCUT2D eigenvalue weighted by Gasteiger charge is -2.28. The molecule has 172 valence electrons. The minimum absolute atomic E-state index is 0.180. The molecule has 2 N–H and O–H groups in total. The van der Waals surface area contributed by atoms with Crippen molar-refractivity contribution in [3.63, 3.8) is 0 Å². The van der Waals surface area contributed by atoms with Gasteiger partial charge in [0.1, 0.15) is 19.3 Å². The number of fused-ring (bicyclic) bond motifs is 1. The average Bonchev–Trinajstić information content (AvgIpc) is 3.14. The number of amides is 4. The number of urea groups is 1. The Morgan fingerprint density at radius 1 is 0.912 bits per heavy atom. The van der Waals surface area contributed by atoms with Gasteiger partial charge in [0.2, 0.25) is 5.91 Å². The summed E-state index contributed by atoms with van der Waals surface area (Å²) in [6.45, 7) is 0.0567. The summed E-state index contributed by atoms with van der Waals surface area (Å²) in [7, 11) is 0. The zero-order valence-electron chi connectivity index (χ0n) is 18.3. The van der Waals surface area contributed by atoms with Gasteiger partial charge in [0.25, 0.3) is 5.91 Å². The van der Waals surface area contributed by atoms with Crippen LogP contribution in [0.1, 0.15) is 11.1 Å². The summed E-state index contributed by atoms with van der Waals surface area (Å²) in [4.78, 5) is 40.2. The molecule has 0 unspecified atom stereocenters. The zero-order valence-corrected chi connectivity index (χ0v) is 18.3. The normalized spacial score (nSPS) is 18.4. The van der Waals surface area contributed by atoms with Crippen molar-refractivity contribution in [1.82, 2.24) is 15.5 Å². The van der Waals surface area contributed by atoms with Crippen molar-refractivity contribution >= 4 is 17.8 Å². The van der Waals surface area contributed by atoms with E-state index in [4.69, 9.17) is 9.47 Å². The smallest absolute Gasteiger partial charge is 0.326 e. The van der Waals surface area contributed by atoms with Gasteiger partial charge >= 0.3 is 6.03 Å². The molecular formula is C26H23N3O5. The number of hydrogen-bond acceptors (Lipinski definition) is 5. The van der Waals surface area contributed by atoms with Gasteiger partial charge in [0.05, 0.1) is 6.54 Å². The van der Waals surface area contributed by atoms with E-state index < -0.39 is 29.9 Å². The highest BCUT2D eigenvalue weighted by atomic mass is 16.6. The van der Waals surface area contributed by atoms with E-state index in [-0.39, 0.29) is 19.3 Å². The molecule has 5 rings (SSSR count). The first-order valence-electron chi connectivity index (χ1n) is 11.0. The predicted molar refractivity (Wildman–Crippen MR) is 123 cm³/mol. The number of nitrogens with one attached hydrogen (secondary N) is 2. The zero-order chi connectivity index (χ0) is 23.5. The molecule has 8 nitrogen and oxygen atoms in total. The van der Waals surface area contributed by atoms with E-state index >= 15 is 0 Å². The molecule has 2 heterocycles. The number of carbonyl (C=O) groups is 3. The van der Waals surface area contributed by atoms with Crippen LogP contribution in [0, 0.1) is 0 Å². The molecule has 0 bridgehead atoms. The van der Waals surface area contributed by atoms with E-state index in [0.717, 1.165) is 4.90 Å². The maximum atomic E-state index is 13.6. The average molecular weight is 457 g/mol. The third kappa shape index (κ3) is 3.83. The quantitative estimate of drug-likeness (QED) is 0.555. The number of para-hydroxylation sites is 2. The van der Waals surface area contributed by atoms with Gasteiger partial charge in [-0.05, 0) is 23.3 Å². The van der Waals surface area contributed by atoms with Crippen LogP contribution in [0.4, 0.5) is 4.79 Å². The Labute approximate surface area is 196 Å². The Balaban J connectivity index is 1.30. The standard InChI is InChI=1S/C26H23N3O5/c30-23(27-15-20-17-33-21-13-7-8-14-22(21)34-20)16-29-24(31)26(28-25(29)32,18-9-3-1-4-10-18)19-11-5-2-6-12-19/h1-14,20H,15-17H2,(H,27,30)(H,28,32)/t20-/m1/s1. The fourth-order valence-corrected chi connectivity index (χ4v) is 4.24. The highest BCUT2D eigenvalue weighted by molar-refractivity contribution is 6.11. The van der Waals surface area contributed by atoms with E-state index in [2.05, 4.69) is 10.6 Å². The summed E-state index contributed by atoms with van der Waals surface area (Å²) < 4.78 is 11.5. The predicted octanol–water partition coefficient (Wildman–Crippen LogP) is 2.44. The maximum Gasteiger partial charge on any atom is 0.326 e. The highest BCUT2D eigenvalue weighted by Crippen LogP contribution is 2.36. The molecule has 3 aromatic carbocycles. The van der Waals surface area contributed by atoms with E-state index in [1.807, 2.05) is 30.3 Å². The van der Waals surface area contributed by atoms with Crippen molar-refractivity contribution in [2.75, 3.05) is 19.7 Å². The fraction of sp³-hybridized carbons (Fsp3) is 0.192. The summed E-state index contributed by atoms with van der Waals surface area (Å²) in [6.07, 6.45) is -0.380. The number of hydrogen-bond donors (Lipinski definition) is 2. The number of rotatable bonds is 6. The molecule has 0 saturated carbocycles. The molecule has 34 heavy (non-hydrogen) atoms. The first-order valence-corrected chi connectivity index (χ1v) is 11.0. The molecule has 0 spiro atoms. The monoisotopic (exact) mass is 457 g/mol. The molecule has 0 aromatic heterocycles. The lowest BCUT2D eigenvalue weighted by molar-refractivity contribution is -0.134. The van der Waals surface area contributed by atoms with E-state index in [1.165, 1.54) is 0 Å². The Kier molecular flexibility index (Phi) is 5.63. The number of benzene rings is 3. The van der Waals surface area contributed by atoms with Crippen molar-refractivity contribution in [3.05, 3.63) is 96.1 Å². The molecule has 0 radical (unpaired) electrons. The summed E-state index contributed by atoms with van der Waals surface area (Å²) in [5.74, 6) is 0.291. The van der Waals surface area contributed by atoms with Crippen molar-refractivity contribution < 1.29 is 23.9 Å². The van der Waals surface area contributed by atoms with Gasteiger partial charge in [-0.15, -0.1) is 0 Å². The van der Waals surface area contributed by atoms with Gasteiger partial charge in [-0.2, -0.15) is 0 Å². The third-order valence-electron chi connectivity index (χ3n) is 5.92. The first kappa shape index (κ1) is 21.5. The Morgan fingerprint density at radius 3 is 2.15 bits per heavy atom. The van der Waals surface area contributed by atoms with Crippen LogP contribution in [-0.4, -0.2) is 48.5 Å². The van der Waals surface area contributed by atoms with E-state index in [0.29, 0.717) is 22.6 Å². The molecule has 2 aliphatic rings. The Morgan fingerprint density at radius 2 is 1.50 bits per heavy atom. The molecule has 1 saturated heterocycles. The second kappa shape index (κ2) is 8.90. The molecule has 3 aromatic rings. The summed E-state index contributed by atoms with van der Waals surface area (Å²) in [5.41, 5.74) is -0.160. The van der Waals surface area contributed by atoms with Gasteiger partial charge in [-0.25, -0.2) is 4.79 Å². The fourth-order valence-electron chi connectivity index (χ4n) is 4.24. The molecule has 0 aliphatic carbocycles. The summed E-state index contributed by atoms with van der Waals surface area (Å²) in [6, 6.07) is 24.7. The lowest BCUT2D eigenvalue weighted by atomic mass is 9.82. The van der Waals surface area contributed by atoms with Crippen LogP contribution < -0.4 is 20.1 Å². The number of imide groups is 1. The number of nitrogens with zero attached hydrogens (tertiary/aromatic N) is 1. The van der Waals surface area contributed by atoms with Gasteiger partial charge in [0, 0.05) is 0 Å². The van der Waals surface area contributed by atoms with E-state index in [9.17, 15) is 14.4 Å². The Hall–Kier alpha value is -4.33. The van der Waals surface area contributed by atoms with Crippen LogP contribution in [0.3, 0.4) is 0 Å². The maximum absolute atomic E-state index is 13.6. The van der Waals surface area contributed by atoms with Gasteiger partial charge in [-0.1, -0.05) is 72.8 Å². The van der Waals surface area contributed by atoms with Crippen LogP contribution in [0.15, 0.2) is 84.9 Å². The highest BCUT2D eigenvalue weighted by Gasteiger charge is 2.54. The van der Waals surface area contributed by atoms with Crippen molar-refractivity contribution in [2.24, 2.45) is 0 Å². The van der Waals surface area contributed by atoms with Gasteiger partial charge in [-0.3, -0.25) is 14.5 Å². The molecular weight excluding hydrogens is 434 g/mol. The van der Waals surface area contributed by atoms with E-state index in [1.54, 1.807) is 54.6 Å². The molecule has 8 heteroatoms. The third-order valence-corrected chi connectivity index (χ3v) is 5.92. The largest absolute Gasteiger partial charge is 0.486 e. The molecule has 4 amide bonds. The van der Waals surface area contributed by atoms with Crippen molar-refractivity contribution in [2.45, 2.75) is 11.6 Å². The van der Waals surface area contributed by atoms with Gasteiger partial charge < -0.3 is 20.1 Å². The summed E-state index contributed by atoms with van der Waals surface area (Å²) in [5, 5.41) is 5.57. The van der Waals surface area contributed by atoms with Crippen LogP contribution >= 0.6 is 0 Å². The summed E-state index contributed by atoms with van der Waals surface area (Å²) >= 11 is 0. The molecule has 1 fully saturated rings. The second-order valence-electron chi connectivity index (χ2n) is 8.11. The number of carbonyl (C=O) groups excluding carboxylic acids is 3. The van der Waals surface area contributed by atoms with Crippen LogP contribution in [0.2, 0.25) is 0 Å². The second-order valence-corrected chi connectivity index (χ2v) is 8.11. The minimum Gasteiger partial charge on any atom is -0.486 e. The van der Waals surface area contributed by atoms with Crippen LogP contribution in [0.25, 0.3) is 0 Å². The van der Waals surface area contributed by atoms with Crippen LogP contribution in [0.5, 0.6) is 11.5 Å². The Bertz CT molecular complexity index is 1180.